The van der Waals surface area contributed by atoms with Gasteiger partial charge in [0.05, 0.1) is 6.04 Å². The van der Waals surface area contributed by atoms with Crippen LogP contribution < -0.4 is 10.6 Å². The van der Waals surface area contributed by atoms with E-state index < -0.39 is 0 Å². The zero-order valence-corrected chi connectivity index (χ0v) is 12.2. The summed E-state index contributed by atoms with van der Waals surface area (Å²) >= 11 is 0. The van der Waals surface area contributed by atoms with Crippen molar-refractivity contribution >= 4 is 11.6 Å². The molecule has 2 aromatic rings. The summed E-state index contributed by atoms with van der Waals surface area (Å²) in [6.07, 6.45) is 0. The van der Waals surface area contributed by atoms with Crippen LogP contribution in [0.4, 0.5) is 16.0 Å². The fourth-order valence-corrected chi connectivity index (χ4v) is 2.12. The van der Waals surface area contributed by atoms with Crippen molar-refractivity contribution in [1.82, 2.24) is 9.97 Å². The van der Waals surface area contributed by atoms with Crippen molar-refractivity contribution in [2.24, 2.45) is 0 Å². The highest BCUT2D eigenvalue weighted by Gasteiger charge is 2.14. The Balaban J connectivity index is 2.30. The molecule has 1 aromatic carbocycles. The van der Waals surface area contributed by atoms with E-state index in [0.717, 1.165) is 17.2 Å². The summed E-state index contributed by atoms with van der Waals surface area (Å²) in [5.74, 6) is 1.95. The van der Waals surface area contributed by atoms with Crippen LogP contribution in [0.1, 0.15) is 29.9 Å². The largest absolute Gasteiger partial charge is 0.373 e. The lowest BCUT2D eigenvalue weighted by atomic mass is 10.1. The fourth-order valence-electron chi connectivity index (χ4n) is 2.12. The van der Waals surface area contributed by atoms with Gasteiger partial charge in [-0.15, -0.1) is 0 Å². The van der Waals surface area contributed by atoms with Crippen LogP contribution in [0.25, 0.3) is 0 Å². The Hall–Kier alpha value is -2.17. The average Bonchev–Trinajstić information content (AvgIpc) is 2.42. The van der Waals surface area contributed by atoms with Gasteiger partial charge in [0.1, 0.15) is 23.3 Å². The van der Waals surface area contributed by atoms with Crippen LogP contribution in [0.2, 0.25) is 0 Å². The third kappa shape index (κ3) is 2.87. The van der Waals surface area contributed by atoms with Crippen LogP contribution >= 0.6 is 0 Å². The second-order valence-electron chi connectivity index (χ2n) is 4.73. The lowest BCUT2D eigenvalue weighted by Crippen LogP contribution is -2.13. The number of nitrogens with zero attached hydrogens (tertiary/aromatic N) is 2. The summed E-state index contributed by atoms with van der Waals surface area (Å²) < 4.78 is 13.8. The maximum atomic E-state index is 13.8. The molecule has 2 N–H and O–H groups in total. The van der Waals surface area contributed by atoms with Crippen molar-refractivity contribution in [2.75, 3.05) is 17.7 Å². The third-order valence-electron chi connectivity index (χ3n) is 3.22. The van der Waals surface area contributed by atoms with Gasteiger partial charge in [-0.1, -0.05) is 18.2 Å². The van der Waals surface area contributed by atoms with E-state index in [4.69, 9.17) is 0 Å². The Labute approximate surface area is 118 Å². The predicted octanol–water partition coefficient (Wildman–Crippen LogP) is 3.45. The summed E-state index contributed by atoms with van der Waals surface area (Å²) in [6.45, 7) is 5.68. The minimum absolute atomic E-state index is 0.172. The van der Waals surface area contributed by atoms with Gasteiger partial charge in [-0.3, -0.25) is 0 Å². The van der Waals surface area contributed by atoms with Crippen LogP contribution in [0, 0.1) is 19.7 Å². The van der Waals surface area contributed by atoms with Gasteiger partial charge in [-0.2, -0.15) is 0 Å². The first-order valence-corrected chi connectivity index (χ1v) is 6.57. The number of benzene rings is 1. The quantitative estimate of drug-likeness (QED) is 0.896. The molecule has 2 rings (SSSR count). The highest BCUT2D eigenvalue weighted by molar-refractivity contribution is 5.57. The Kier molecular flexibility index (Phi) is 4.17. The summed E-state index contributed by atoms with van der Waals surface area (Å²) in [5, 5.41) is 6.29. The minimum atomic E-state index is -0.218. The van der Waals surface area contributed by atoms with Gasteiger partial charge in [-0.05, 0) is 26.8 Å². The number of aromatic nitrogens is 2. The second-order valence-corrected chi connectivity index (χ2v) is 4.73. The average molecular weight is 274 g/mol. The van der Waals surface area contributed by atoms with Crippen molar-refractivity contribution in [3.05, 3.63) is 47.0 Å². The van der Waals surface area contributed by atoms with Crippen molar-refractivity contribution < 1.29 is 4.39 Å². The zero-order chi connectivity index (χ0) is 14.7. The monoisotopic (exact) mass is 274 g/mol. The number of nitrogens with one attached hydrogen (secondary N) is 2. The molecular formula is C15H19FN4. The Morgan fingerprint density at radius 2 is 1.75 bits per heavy atom. The number of hydrogen-bond acceptors (Lipinski definition) is 4. The maximum Gasteiger partial charge on any atom is 0.135 e. The molecule has 0 saturated heterocycles. The molecule has 20 heavy (non-hydrogen) atoms. The highest BCUT2D eigenvalue weighted by Crippen LogP contribution is 2.25. The number of hydrogen-bond donors (Lipinski definition) is 2. The van der Waals surface area contributed by atoms with E-state index in [9.17, 15) is 4.39 Å². The summed E-state index contributed by atoms with van der Waals surface area (Å²) in [7, 11) is 1.82. The first-order chi connectivity index (χ1) is 9.52. The van der Waals surface area contributed by atoms with E-state index in [0.29, 0.717) is 11.4 Å². The molecule has 0 amide bonds. The normalized spacial score (nSPS) is 12.1. The van der Waals surface area contributed by atoms with Crippen LogP contribution in [-0.2, 0) is 0 Å². The molecule has 1 aromatic heterocycles. The molecule has 106 valence electrons. The molecule has 0 spiro atoms. The Morgan fingerprint density at radius 3 is 2.40 bits per heavy atom. The summed E-state index contributed by atoms with van der Waals surface area (Å²) in [4.78, 5) is 8.70. The zero-order valence-electron chi connectivity index (χ0n) is 12.2. The molecule has 5 heteroatoms. The Morgan fingerprint density at radius 1 is 1.10 bits per heavy atom. The smallest absolute Gasteiger partial charge is 0.135 e. The molecule has 0 aliphatic rings. The number of anilines is 2. The van der Waals surface area contributed by atoms with Gasteiger partial charge in [0.25, 0.3) is 0 Å². The third-order valence-corrected chi connectivity index (χ3v) is 3.22. The molecule has 4 nitrogen and oxygen atoms in total. The fraction of sp³-hybridized carbons (Fsp3) is 0.333. The van der Waals surface area contributed by atoms with Gasteiger partial charge in [0.2, 0.25) is 0 Å². The van der Waals surface area contributed by atoms with Gasteiger partial charge in [0, 0.05) is 18.2 Å². The van der Waals surface area contributed by atoms with E-state index in [1.807, 2.05) is 33.9 Å². The lowest BCUT2D eigenvalue weighted by Gasteiger charge is -2.18. The topological polar surface area (TPSA) is 49.8 Å². The van der Waals surface area contributed by atoms with Crippen molar-refractivity contribution in [1.29, 1.82) is 0 Å². The van der Waals surface area contributed by atoms with Crippen LogP contribution in [-0.4, -0.2) is 17.0 Å². The number of rotatable bonds is 4. The van der Waals surface area contributed by atoms with Gasteiger partial charge in [0.15, 0.2) is 0 Å². The number of halogens is 1. The highest BCUT2D eigenvalue weighted by atomic mass is 19.1. The van der Waals surface area contributed by atoms with E-state index in [1.54, 1.807) is 12.1 Å². The van der Waals surface area contributed by atoms with E-state index in [1.165, 1.54) is 6.07 Å². The molecule has 0 saturated carbocycles. The molecule has 0 radical (unpaired) electrons. The molecule has 0 aliphatic carbocycles. The summed E-state index contributed by atoms with van der Waals surface area (Å²) in [5.41, 5.74) is 1.54. The number of aryl methyl sites for hydroxylation is 1. The van der Waals surface area contributed by atoms with Crippen LogP contribution in [0.15, 0.2) is 24.3 Å². The molecular weight excluding hydrogens is 255 g/mol. The molecule has 1 unspecified atom stereocenters. The van der Waals surface area contributed by atoms with E-state index >= 15 is 0 Å². The minimum Gasteiger partial charge on any atom is -0.373 e. The van der Waals surface area contributed by atoms with Crippen LogP contribution in [0.3, 0.4) is 0 Å². The summed E-state index contributed by atoms with van der Waals surface area (Å²) in [6, 6.07) is 6.58. The van der Waals surface area contributed by atoms with Crippen LogP contribution in [0.5, 0.6) is 0 Å². The molecule has 1 heterocycles. The van der Waals surface area contributed by atoms with Gasteiger partial charge < -0.3 is 10.6 Å². The SMILES string of the molecule is CNc1nc(C)nc(NC(C)c2ccccc2F)c1C. The first-order valence-electron chi connectivity index (χ1n) is 6.57. The van der Waals surface area contributed by atoms with Gasteiger partial charge in [-0.25, -0.2) is 14.4 Å². The van der Waals surface area contributed by atoms with Crippen molar-refractivity contribution in [3.63, 3.8) is 0 Å². The Bertz CT molecular complexity index is 613. The molecule has 0 bridgehead atoms. The maximum absolute atomic E-state index is 13.8. The lowest BCUT2D eigenvalue weighted by molar-refractivity contribution is 0.600. The van der Waals surface area contributed by atoms with Gasteiger partial charge >= 0.3 is 0 Å². The predicted molar refractivity (Wildman–Crippen MR) is 79.5 cm³/mol. The van der Waals surface area contributed by atoms with Crippen molar-refractivity contribution in [2.45, 2.75) is 26.8 Å². The van der Waals surface area contributed by atoms with E-state index in [-0.39, 0.29) is 11.9 Å². The van der Waals surface area contributed by atoms with E-state index in [2.05, 4.69) is 20.6 Å². The standard InChI is InChI=1S/C15H19FN4/c1-9-14(17-4)19-11(3)20-15(9)18-10(2)12-7-5-6-8-13(12)16/h5-8,10H,1-4H3,(H2,17,18,19,20). The molecule has 0 fully saturated rings. The molecule has 0 aliphatic heterocycles. The molecule has 1 atom stereocenters. The first kappa shape index (κ1) is 14.2. The van der Waals surface area contributed by atoms with Crippen molar-refractivity contribution in [3.8, 4) is 0 Å². The second kappa shape index (κ2) is 5.86.